The van der Waals surface area contributed by atoms with Crippen molar-refractivity contribution in [3.05, 3.63) is 16.7 Å². The van der Waals surface area contributed by atoms with Crippen LogP contribution in [0.4, 0.5) is 0 Å². The highest BCUT2D eigenvalue weighted by Gasteiger charge is 2.20. The monoisotopic (exact) mass is 230 g/mol. The molecule has 0 aliphatic carbocycles. The highest BCUT2D eigenvalue weighted by Crippen LogP contribution is 2.43. The predicted molar refractivity (Wildman–Crippen MR) is 54.6 cm³/mol. The van der Waals surface area contributed by atoms with Gasteiger partial charge in [-0.1, -0.05) is 11.6 Å². The molecule has 0 atom stereocenters. The van der Waals surface area contributed by atoms with E-state index in [1.807, 2.05) is 0 Å². The van der Waals surface area contributed by atoms with Gasteiger partial charge in [0, 0.05) is 12.5 Å². The molecule has 0 unspecified atom stereocenters. The SMILES string of the molecule is OCc1c(O)c(Cl)cc2c1OCCCO2. The maximum absolute atomic E-state index is 9.62. The number of fused-ring (bicyclic) bond motifs is 1. The van der Waals surface area contributed by atoms with Crippen LogP contribution < -0.4 is 9.47 Å². The molecule has 0 aromatic heterocycles. The molecule has 1 aromatic carbocycles. The van der Waals surface area contributed by atoms with Gasteiger partial charge in [0.1, 0.15) is 5.75 Å². The molecule has 4 nitrogen and oxygen atoms in total. The number of hydrogen-bond donors (Lipinski definition) is 2. The largest absolute Gasteiger partial charge is 0.506 e. The lowest BCUT2D eigenvalue weighted by atomic mass is 10.1. The molecule has 0 saturated heterocycles. The predicted octanol–water partition coefficient (Wildman–Crippen LogP) is 1.70. The van der Waals surface area contributed by atoms with Crippen molar-refractivity contribution in [1.29, 1.82) is 0 Å². The molecular formula is C10H11ClO4. The molecule has 82 valence electrons. The van der Waals surface area contributed by atoms with Crippen LogP contribution >= 0.6 is 11.6 Å². The highest BCUT2D eigenvalue weighted by atomic mass is 35.5. The third-order valence-electron chi connectivity index (χ3n) is 2.22. The molecule has 1 aromatic rings. The van der Waals surface area contributed by atoms with E-state index in [0.29, 0.717) is 24.7 Å². The van der Waals surface area contributed by atoms with E-state index in [4.69, 9.17) is 26.2 Å². The minimum atomic E-state index is -0.335. The fourth-order valence-corrected chi connectivity index (χ4v) is 1.69. The number of rotatable bonds is 1. The number of benzene rings is 1. The third-order valence-corrected chi connectivity index (χ3v) is 2.51. The van der Waals surface area contributed by atoms with E-state index in [1.54, 1.807) is 0 Å². The number of phenols is 1. The summed E-state index contributed by atoms with van der Waals surface area (Å²) in [4.78, 5) is 0. The zero-order valence-electron chi connectivity index (χ0n) is 7.99. The van der Waals surface area contributed by atoms with Gasteiger partial charge in [-0.05, 0) is 0 Å². The van der Waals surface area contributed by atoms with Gasteiger partial charge in [-0.15, -0.1) is 0 Å². The van der Waals surface area contributed by atoms with Gasteiger partial charge in [-0.25, -0.2) is 0 Å². The molecule has 2 N–H and O–H groups in total. The molecule has 0 amide bonds. The van der Waals surface area contributed by atoms with E-state index in [2.05, 4.69) is 0 Å². The van der Waals surface area contributed by atoms with Crippen LogP contribution in [-0.4, -0.2) is 23.4 Å². The van der Waals surface area contributed by atoms with Crippen LogP contribution in [0.1, 0.15) is 12.0 Å². The lowest BCUT2D eigenvalue weighted by Gasteiger charge is -2.13. The Balaban J connectivity index is 2.56. The molecule has 1 aliphatic rings. The van der Waals surface area contributed by atoms with E-state index in [1.165, 1.54) is 6.07 Å². The van der Waals surface area contributed by atoms with Crippen molar-refractivity contribution < 1.29 is 19.7 Å². The summed E-state index contributed by atoms with van der Waals surface area (Å²) in [6, 6.07) is 1.50. The molecule has 0 saturated carbocycles. The van der Waals surface area contributed by atoms with Crippen LogP contribution in [0, 0.1) is 0 Å². The Bertz CT molecular complexity index is 378. The normalized spacial score (nSPS) is 14.8. The second-order valence-corrected chi connectivity index (χ2v) is 3.63. The van der Waals surface area contributed by atoms with Gasteiger partial charge >= 0.3 is 0 Å². The van der Waals surface area contributed by atoms with E-state index in [0.717, 1.165) is 6.42 Å². The van der Waals surface area contributed by atoms with Crippen molar-refractivity contribution in [1.82, 2.24) is 0 Å². The molecule has 15 heavy (non-hydrogen) atoms. The second kappa shape index (κ2) is 4.16. The van der Waals surface area contributed by atoms with Crippen LogP contribution in [0.15, 0.2) is 6.07 Å². The van der Waals surface area contributed by atoms with Crippen LogP contribution in [0.3, 0.4) is 0 Å². The lowest BCUT2D eigenvalue weighted by Crippen LogP contribution is -1.99. The van der Waals surface area contributed by atoms with Crippen LogP contribution in [-0.2, 0) is 6.61 Å². The van der Waals surface area contributed by atoms with Gasteiger partial charge in [0.25, 0.3) is 0 Å². The first-order valence-electron chi connectivity index (χ1n) is 4.65. The van der Waals surface area contributed by atoms with Gasteiger partial charge in [0.05, 0.1) is 30.4 Å². The first kappa shape index (κ1) is 10.4. The number of aliphatic hydroxyl groups excluding tert-OH is 1. The second-order valence-electron chi connectivity index (χ2n) is 3.22. The van der Waals surface area contributed by atoms with Gasteiger partial charge < -0.3 is 19.7 Å². The highest BCUT2D eigenvalue weighted by molar-refractivity contribution is 6.32. The van der Waals surface area contributed by atoms with Gasteiger partial charge in [-0.3, -0.25) is 0 Å². The first-order chi connectivity index (χ1) is 7.24. The summed E-state index contributed by atoms with van der Waals surface area (Å²) in [6.07, 6.45) is 0.762. The zero-order chi connectivity index (χ0) is 10.8. The summed E-state index contributed by atoms with van der Waals surface area (Å²) in [5.41, 5.74) is 0.277. The Morgan fingerprint density at radius 3 is 2.80 bits per heavy atom. The number of aromatic hydroxyl groups is 1. The van der Waals surface area contributed by atoms with E-state index in [-0.39, 0.29) is 22.9 Å². The number of halogens is 1. The minimum absolute atomic E-state index is 0.150. The minimum Gasteiger partial charge on any atom is -0.506 e. The van der Waals surface area contributed by atoms with Crippen molar-refractivity contribution in [3.8, 4) is 17.2 Å². The molecule has 2 rings (SSSR count). The van der Waals surface area contributed by atoms with Crippen LogP contribution in [0.2, 0.25) is 5.02 Å². The van der Waals surface area contributed by atoms with Crippen molar-refractivity contribution in [2.75, 3.05) is 13.2 Å². The maximum Gasteiger partial charge on any atom is 0.170 e. The molecule has 1 heterocycles. The Hall–Kier alpha value is -1.13. The fraction of sp³-hybridized carbons (Fsp3) is 0.400. The van der Waals surface area contributed by atoms with Gasteiger partial charge in [0.15, 0.2) is 11.5 Å². The topological polar surface area (TPSA) is 58.9 Å². The average Bonchev–Trinajstić information content (AvgIpc) is 2.45. The van der Waals surface area contributed by atoms with E-state index < -0.39 is 0 Å². The van der Waals surface area contributed by atoms with Crippen LogP contribution in [0.5, 0.6) is 17.2 Å². The Morgan fingerprint density at radius 1 is 1.33 bits per heavy atom. The fourth-order valence-electron chi connectivity index (χ4n) is 1.48. The van der Waals surface area contributed by atoms with Gasteiger partial charge in [-0.2, -0.15) is 0 Å². The molecule has 5 heteroatoms. The van der Waals surface area contributed by atoms with Gasteiger partial charge in [0.2, 0.25) is 0 Å². The summed E-state index contributed by atoms with van der Waals surface area (Å²) in [5, 5.41) is 18.9. The molecule has 0 radical (unpaired) electrons. The smallest absolute Gasteiger partial charge is 0.170 e. The first-order valence-corrected chi connectivity index (χ1v) is 5.02. The zero-order valence-corrected chi connectivity index (χ0v) is 8.75. The number of aliphatic hydroxyl groups is 1. The van der Waals surface area contributed by atoms with E-state index >= 15 is 0 Å². The van der Waals surface area contributed by atoms with Crippen molar-refractivity contribution in [3.63, 3.8) is 0 Å². The summed E-state index contributed by atoms with van der Waals surface area (Å²) in [5.74, 6) is 0.708. The Labute approximate surface area is 92.0 Å². The molecular weight excluding hydrogens is 220 g/mol. The summed E-state index contributed by atoms with van der Waals surface area (Å²) < 4.78 is 10.8. The average molecular weight is 231 g/mol. The Morgan fingerprint density at radius 2 is 2.07 bits per heavy atom. The third kappa shape index (κ3) is 1.82. The van der Waals surface area contributed by atoms with Crippen molar-refractivity contribution in [2.45, 2.75) is 13.0 Å². The van der Waals surface area contributed by atoms with Crippen molar-refractivity contribution in [2.24, 2.45) is 0 Å². The molecule has 1 aliphatic heterocycles. The van der Waals surface area contributed by atoms with E-state index in [9.17, 15) is 5.11 Å². The Kier molecular flexibility index (Phi) is 2.88. The molecule has 0 fully saturated rings. The van der Waals surface area contributed by atoms with Crippen molar-refractivity contribution >= 4 is 11.6 Å². The number of hydrogen-bond acceptors (Lipinski definition) is 4. The quantitative estimate of drug-likeness (QED) is 0.771. The number of ether oxygens (including phenoxy) is 2. The summed E-state index contributed by atoms with van der Waals surface area (Å²) in [7, 11) is 0. The lowest BCUT2D eigenvalue weighted by molar-refractivity contribution is 0.258. The molecule has 0 spiro atoms. The maximum atomic E-state index is 9.62. The summed E-state index contributed by atoms with van der Waals surface area (Å²) in [6.45, 7) is 0.706. The standard InChI is InChI=1S/C10H11ClO4/c11-7-4-8-10(6(5-12)9(7)13)15-3-1-2-14-8/h4,12-13H,1-3,5H2. The summed E-state index contributed by atoms with van der Waals surface area (Å²) >= 11 is 5.79. The molecule has 0 bridgehead atoms. The van der Waals surface area contributed by atoms with Crippen LogP contribution in [0.25, 0.3) is 0 Å².